The molecule has 0 aromatic rings. The fourth-order valence-corrected chi connectivity index (χ4v) is 2.86. The van der Waals surface area contributed by atoms with Gasteiger partial charge in [0.15, 0.2) is 0 Å². The second kappa shape index (κ2) is 3.48. The number of halogens is 1. The van der Waals surface area contributed by atoms with Crippen molar-refractivity contribution in [2.75, 3.05) is 0 Å². The van der Waals surface area contributed by atoms with Crippen LogP contribution in [0.2, 0.25) is 0 Å². The van der Waals surface area contributed by atoms with Crippen molar-refractivity contribution in [2.24, 2.45) is 0 Å². The molecule has 2 aliphatic rings. The van der Waals surface area contributed by atoms with Gasteiger partial charge in [0.05, 0.1) is 0 Å². The first kappa shape index (κ1) is 9.30. The molecule has 2 rings (SSSR count). The van der Waals surface area contributed by atoms with E-state index in [1.165, 1.54) is 19.3 Å². The number of carbonyl (C=O) groups is 1. The summed E-state index contributed by atoms with van der Waals surface area (Å²) in [6, 6.07) is 0. The molecule has 1 saturated carbocycles. The summed E-state index contributed by atoms with van der Waals surface area (Å²) in [5.74, 6) is 0.817. The Balaban J connectivity index is 2.23. The lowest BCUT2D eigenvalue weighted by Crippen LogP contribution is -2.43. The maximum Gasteiger partial charge on any atom is 0.413 e. The average molecular weight is 293 g/mol. The van der Waals surface area contributed by atoms with Gasteiger partial charge in [0.2, 0.25) is 0 Å². The summed E-state index contributed by atoms with van der Waals surface area (Å²) < 4.78 is 6.98. The number of nitrogens with one attached hydrogen (secondary N) is 1. The van der Waals surface area contributed by atoms with Crippen LogP contribution < -0.4 is 5.32 Å². The minimum Gasteiger partial charge on any atom is -0.412 e. The van der Waals surface area contributed by atoms with Gasteiger partial charge in [-0.25, -0.2) is 4.79 Å². The second-order valence-corrected chi connectivity index (χ2v) is 4.25. The number of hydrogen-bond acceptors (Lipinski definition) is 2. The van der Waals surface area contributed by atoms with Crippen LogP contribution in [0.4, 0.5) is 4.79 Å². The Hall–Kier alpha value is -0.260. The van der Waals surface area contributed by atoms with Gasteiger partial charge in [-0.2, -0.15) is 0 Å². The molecular weight excluding hydrogens is 281 g/mol. The molecule has 1 saturated heterocycles. The SMILES string of the molecule is O=C1NC2(CCCCC2)/C(=C\I)O1. The standard InChI is InChI=1S/C9H12INO2/c10-6-7-9(11-8(12)13-7)4-2-1-3-5-9/h6H,1-5H2,(H,11,12)/b7-6+. The molecule has 3 nitrogen and oxygen atoms in total. The topological polar surface area (TPSA) is 38.3 Å². The average Bonchev–Trinajstić information content (AvgIpc) is 2.43. The van der Waals surface area contributed by atoms with E-state index < -0.39 is 0 Å². The van der Waals surface area contributed by atoms with Crippen LogP contribution in [-0.4, -0.2) is 11.6 Å². The van der Waals surface area contributed by atoms with Crippen LogP contribution >= 0.6 is 22.6 Å². The van der Waals surface area contributed by atoms with Crippen LogP contribution in [0.1, 0.15) is 32.1 Å². The van der Waals surface area contributed by atoms with Crippen molar-refractivity contribution in [1.82, 2.24) is 5.32 Å². The first-order valence-electron chi connectivity index (χ1n) is 4.58. The van der Waals surface area contributed by atoms with Gasteiger partial charge in [-0.15, -0.1) is 0 Å². The zero-order valence-corrected chi connectivity index (χ0v) is 9.46. The monoisotopic (exact) mass is 293 g/mol. The van der Waals surface area contributed by atoms with Crippen LogP contribution in [0.3, 0.4) is 0 Å². The number of amides is 1. The van der Waals surface area contributed by atoms with Crippen molar-refractivity contribution in [3.05, 3.63) is 9.84 Å². The summed E-state index contributed by atoms with van der Waals surface area (Å²) in [5.41, 5.74) is -0.156. The molecule has 13 heavy (non-hydrogen) atoms. The quantitative estimate of drug-likeness (QED) is 0.697. The summed E-state index contributed by atoms with van der Waals surface area (Å²) in [5, 5.41) is 2.94. The number of rotatable bonds is 0. The Kier molecular flexibility index (Phi) is 2.49. The molecule has 1 aliphatic carbocycles. The van der Waals surface area contributed by atoms with Crippen LogP contribution in [0.15, 0.2) is 9.84 Å². The smallest absolute Gasteiger partial charge is 0.412 e. The van der Waals surface area contributed by atoms with Crippen molar-refractivity contribution in [3.63, 3.8) is 0 Å². The van der Waals surface area contributed by atoms with Crippen LogP contribution in [0.25, 0.3) is 0 Å². The Labute approximate surface area is 91.0 Å². The Bertz CT molecular complexity index is 256. The molecule has 72 valence electrons. The number of cyclic esters (lactones) is 1. The maximum atomic E-state index is 11.1. The van der Waals surface area contributed by atoms with Crippen LogP contribution in [0.5, 0.6) is 0 Å². The zero-order valence-electron chi connectivity index (χ0n) is 7.31. The molecule has 0 bridgehead atoms. The zero-order chi connectivity index (χ0) is 9.31. The van der Waals surface area contributed by atoms with Gasteiger partial charge in [0, 0.05) is 4.08 Å². The lowest BCUT2D eigenvalue weighted by molar-refractivity contribution is 0.195. The van der Waals surface area contributed by atoms with Crippen molar-refractivity contribution in [3.8, 4) is 0 Å². The molecule has 1 aliphatic heterocycles. The molecule has 1 amide bonds. The molecule has 2 fully saturated rings. The molecule has 0 radical (unpaired) electrons. The summed E-state index contributed by atoms with van der Waals surface area (Å²) >= 11 is 2.13. The lowest BCUT2D eigenvalue weighted by atomic mass is 9.81. The fraction of sp³-hybridized carbons (Fsp3) is 0.667. The minimum atomic E-state index is -0.287. The molecule has 0 aromatic heterocycles. The van der Waals surface area contributed by atoms with Crippen molar-refractivity contribution in [1.29, 1.82) is 0 Å². The summed E-state index contributed by atoms with van der Waals surface area (Å²) in [4.78, 5) is 11.1. The third kappa shape index (κ3) is 1.56. The molecular formula is C9H12INO2. The van der Waals surface area contributed by atoms with Gasteiger partial charge in [0.1, 0.15) is 11.3 Å². The molecule has 1 heterocycles. The second-order valence-electron chi connectivity index (χ2n) is 3.63. The van der Waals surface area contributed by atoms with Gasteiger partial charge in [-0.3, -0.25) is 0 Å². The molecule has 4 heteroatoms. The highest BCUT2D eigenvalue weighted by atomic mass is 127. The van der Waals surface area contributed by atoms with E-state index >= 15 is 0 Å². The largest absolute Gasteiger partial charge is 0.413 e. The first-order valence-corrected chi connectivity index (χ1v) is 5.82. The number of alkyl carbamates (subject to hydrolysis) is 1. The van der Waals surface area contributed by atoms with Gasteiger partial charge in [-0.05, 0) is 35.4 Å². The van der Waals surface area contributed by atoms with E-state index in [2.05, 4.69) is 27.9 Å². The highest BCUT2D eigenvalue weighted by Crippen LogP contribution is 2.38. The summed E-state index contributed by atoms with van der Waals surface area (Å²) in [6.07, 6.45) is 5.38. The Morgan fingerprint density at radius 1 is 1.38 bits per heavy atom. The van der Waals surface area contributed by atoms with Gasteiger partial charge in [0.25, 0.3) is 0 Å². The van der Waals surface area contributed by atoms with E-state index in [-0.39, 0.29) is 11.6 Å². The van der Waals surface area contributed by atoms with E-state index in [0.29, 0.717) is 0 Å². The van der Waals surface area contributed by atoms with E-state index in [4.69, 9.17) is 4.74 Å². The third-order valence-electron chi connectivity index (χ3n) is 2.82. The summed E-state index contributed by atoms with van der Waals surface area (Å²) in [7, 11) is 0. The highest BCUT2D eigenvalue weighted by Gasteiger charge is 2.44. The van der Waals surface area contributed by atoms with Crippen molar-refractivity contribution in [2.45, 2.75) is 37.6 Å². The van der Waals surface area contributed by atoms with Gasteiger partial charge in [-0.1, -0.05) is 19.3 Å². The third-order valence-corrected chi connectivity index (χ3v) is 3.39. The predicted molar refractivity (Wildman–Crippen MR) is 57.5 cm³/mol. The van der Waals surface area contributed by atoms with E-state index in [9.17, 15) is 4.79 Å². The number of carbonyl (C=O) groups excluding carboxylic acids is 1. The molecule has 1 N–H and O–H groups in total. The maximum absolute atomic E-state index is 11.1. The fourth-order valence-electron chi connectivity index (χ4n) is 2.13. The van der Waals surface area contributed by atoms with Gasteiger partial charge < -0.3 is 10.1 Å². The van der Waals surface area contributed by atoms with Gasteiger partial charge >= 0.3 is 6.09 Å². The minimum absolute atomic E-state index is 0.156. The lowest BCUT2D eigenvalue weighted by Gasteiger charge is -2.31. The van der Waals surface area contributed by atoms with Crippen LogP contribution in [0, 0.1) is 0 Å². The number of ether oxygens (including phenoxy) is 1. The van der Waals surface area contributed by atoms with E-state index in [0.717, 1.165) is 18.6 Å². The van der Waals surface area contributed by atoms with E-state index in [1.807, 2.05) is 4.08 Å². The van der Waals surface area contributed by atoms with Crippen LogP contribution in [-0.2, 0) is 4.74 Å². The Morgan fingerprint density at radius 3 is 2.69 bits per heavy atom. The van der Waals surface area contributed by atoms with E-state index in [1.54, 1.807) is 0 Å². The molecule has 1 spiro atoms. The molecule has 0 atom stereocenters. The Morgan fingerprint density at radius 2 is 2.08 bits per heavy atom. The van der Waals surface area contributed by atoms with Crippen molar-refractivity contribution >= 4 is 28.7 Å². The normalized spacial score (nSPS) is 29.0. The summed E-state index contributed by atoms with van der Waals surface area (Å²) in [6.45, 7) is 0. The molecule has 0 aromatic carbocycles. The molecule has 0 unspecified atom stereocenters. The highest BCUT2D eigenvalue weighted by molar-refractivity contribution is 14.1. The van der Waals surface area contributed by atoms with Crippen molar-refractivity contribution < 1.29 is 9.53 Å². The first-order chi connectivity index (χ1) is 6.27. The predicted octanol–water partition coefficient (Wildman–Crippen LogP) is 2.71. The number of hydrogen-bond donors (Lipinski definition) is 1.